The fraction of sp³-hybridized carbons (Fsp3) is 0.176. The van der Waals surface area contributed by atoms with Crippen molar-refractivity contribution in [1.29, 1.82) is 5.26 Å². The number of hydrogen-bond acceptors (Lipinski definition) is 2. The van der Waals surface area contributed by atoms with E-state index in [2.05, 4.69) is 11.4 Å². The number of halogens is 1. The van der Waals surface area contributed by atoms with Crippen LogP contribution < -0.4 is 5.32 Å². The zero-order chi connectivity index (χ0) is 15.5. The van der Waals surface area contributed by atoms with Gasteiger partial charge in [0.1, 0.15) is 5.82 Å². The van der Waals surface area contributed by atoms with Crippen molar-refractivity contribution in [1.82, 2.24) is 0 Å². The first kappa shape index (κ1) is 14.7. The Hall–Kier alpha value is -2.67. The van der Waals surface area contributed by atoms with E-state index >= 15 is 0 Å². The summed E-state index contributed by atoms with van der Waals surface area (Å²) in [6, 6.07) is 15.0. The van der Waals surface area contributed by atoms with Crippen molar-refractivity contribution in [3.8, 4) is 6.07 Å². The normalized spacial score (nSPS) is 10.8. The molecule has 2 rings (SSSR count). The minimum absolute atomic E-state index is 0.000990. The molecule has 0 unspecified atom stereocenters. The smallest absolute Gasteiger partial charge is 0.258 e. The largest absolute Gasteiger partial charge is 0.322 e. The first-order valence-electron chi connectivity index (χ1n) is 6.52. The van der Waals surface area contributed by atoms with Crippen molar-refractivity contribution >= 4 is 11.6 Å². The third-order valence-corrected chi connectivity index (χ3v) is 3.26. The molecule has 1 amide bonds. The summed E-state index contributed by atoms with van der Waals surface area (Å²) in [5.41, 5.74) is 0.821. The van der Waals surface area contributed by atoms with Gasteiger partial charge in [0.25, 0.3) is 5.91 Å². The minimum atomic E-state index is -0.589. The number of nitrogens with one attached hydrogen (secondary N) is 1. The number of anilines is 1. The zero-order valence-corrected chi connectivity index (χ0v) is 11.9. The van der Waals surface area contributed by atoms with E-state index in [1.165, 1.54) is 18.2 Å². The number of carbonyl (C=O) groups excluding carboxylic acids is 1. The van der Waals surface area contributed by atoms with Gasteiger partial charge in [-0.2, -0.15) is 5.26 Å². The maximum atomic E-state index is 13.5. The second kappa shape index (κ2) is 5.76. The van der Waals surface area contributed by atoms with E-state index in [0.717, 1.165) is 5.56 Å². The van der Waals surface area contributed by atoms with Crippen LogP contribution in [0.5, 0.6) is 0 Å². The van der Waals surface area contributed by atoms with E-state index in [9.17, 15) is 9.18 Å². The number of carbonyl (C=O) groups is 1. The topological polar surface area (TPSA) is 52.9 Å². The molecule has 0 heterocycles. The van der Waals surface area contributed by atoms with E-state index in [-0.39, 0.29) is 5.56 Å². The molecule has 3 nitrogen and oxygen atoms in total. The van der Waals surface area contributed by atoms with E-state index in [0.29, 0.717) is 5.69 Å². The van der Waals surface area contributed by atoms with E-state index in [4.69, 9.17) is 5.26 Å². The predicted octanol–water partition coefficient (Wildman–Crippen LogP) is 3.88. The molecule has 0 saturated carbocycles. The molecular weight excluding hydrogens is 267 g/mol. The molecule has 0 aliphatic rings. The summed E-state index contributed by atoms with van der Waals surface area (Å²) in [6.07, 6.45) is 0. The molecule has 106 valence electrons. The SMILES string of the molecule is CC(C)(C#N)c1ccc(NC(=O)c2ccccc2F)cc1. The van der Waals surface area contributed by atoms with Crippen LogP contribution in [0, 0.1) is 17.1 Å². The highest BCUT2D eigenvalue weighted by Crippen LogP contribution is 2.23. The summed E-state index contributed by atoms with van der Waals surface area (Å²) >= 11 is 0. The van der Waals surface area contributed by atoms with Crippen molar-refractivity contribution in [3.05, 3.63) is 65.5 Å². The van der Waals surface area contributed by atoms with Crippen molar-refractivity contribution in [2.24, 2.45) is 0 Å². The number of amides is 1. The Morgan fingerprint density at radius 2 is 1.76 bits per heavy atom. The zero-order valence-electron chi connectivity index (χ0n) is 11.9. The number of nitriles is 1. The highest BCUT2D eigenvalue weighted by Gasteiger charge is 2.19. The average Bonchev–Trinajstić information content (AvgIpc) is 2.48. The van der Waals surface area contributed by atoms with Crippen LogP contribution in [0.1, 0.15) is 29.8 Å². The van der Waals surface area contributed by atoms with E-state index in [1.807, 2.05) is 13.8 Å². The molecule has 0 spiro atoms. The van der Waals surface area contributed by atoms with E-state index < -0.39 is 17.1 Å². The molecule has 0 aliphatic heterocycles. The van der Waals surface area contributed by atoms with Crippen LogP contribution in [-0.4, -0.2) is 5.91 Å². The van der Waals surface area contributed by atoms with Gasteiger partial charge in [-0.05, 0) is 43.7 Å². The Bertz CT molecular complexity index is 699. The lowest BCUT2D eigenvalue weighted by Crippen LogP contribution is -2.15. The summed E-state index contributed by atoms with van der Waals surface area (Å²) in [6.45, 7) is 3.64. The molecular formula is C17H15FN2O. The molecule has 0 aromatic heterocycles. The number of rotatable bonds is 3. The monoisotopic (exact) mass is 282 g/mol. The van der Waals surface area contributed by atoms with Crippen LogP contribution in [0.3, 0.4) is 0 Å². The second-order valence-corrected chi connectivity index (χ2v) is 5.25. The van der Waals surface area contributed by atoms with E-state index in [1.54, 1.807) is 30.3 Å². The Balaban J connectivity index is 2.17. The number of nitrogens with zero attached hydrogens (tertiary/aromatic N) is 1. The van der Waals surface area contributed by atoms with Crippen LogP contribution in [-0.2, 0) is 5.41 Å². The van der Waals surface area contributed by atoms with Gasteiger partial charge in [-0.1, -0.05) is 24.3 Å². The van der Waals surface area contributed by atoms with Crippen LogP contribution in [0.2, 0.25) is 0 Å². The molecule has 0 saturated heterocycles. The Kier molecular flexibility index (Phi) is 4.04. The lowest BCUT2D eigenvalue weighted by molar-refractivity contribution is 0.102. The van der Waals surface area contributed by atoms with Crippen LogP contribution in [0.4, 0.5) is 10.1 Å². The highest BCUT2D eigenvalue weighted by molar-refractivity contribution is 6.04. The van der Waals surface area contributed by atoms with Crippen LogP contribution in [0.15, 0.2) is 48.5 Å². The maximum absolute atomic E-state index is 13.5. The summed E-state index contributed by atoms with van der Waals surface area (Å²) in [7, 11) is 0. The minimum Gasteiger partial charge on any atom is -0.322 e. The summed E-state index contributed by atoms with van der Waals surface area (Å²) in [5.74, 6) is -1.06. The molecule has 0 bridgehead atoms. The Morgan fingerprint density at radius 3 is 2.33 bits per heavy atom. The molecule has 0 aliphatic carbocycles. The number of hydrogen-bond donors (Lipinski definition) is 1. The standard InChI is InChI=1S/C17H15FN2O/c1-17(2,11-19)12-7-9-13(10-8-12)20-16(21)14-5-3-4-6-15(14)18/h3-10H,1-2H3,(H,20,21). The van der Waals surface area contributed by atoms with Gasteiger partial charge < -0.3 is 5.32 Å². The summed E-state index contributed by atoms with van der Waals surface area (Å²) in [4.78, 5) is 12.0. The van der Waals surface area contributed by atoms with Gasteiger partial charge >= 0.3 is 0 Å². The Morgan fingerprint density at radius 1 is 1.14 bits per heavy atom. The molecule has 0 radical (unpaired) electrons. The summed E-state index contributed by atoms with van der Waals surface area (Å²) in [5, 5.41) is 11.7. The van der Waals surface area contributed by atoms with Gasteiger partial charge in [0.15, 0.2) is 0 Å². The molecule has 1 N–H and O–H groups in total. The maximum Gasteiger partial charge on any atom is 0.258 e. The lowest BCUT2D eigenvalue weighted by atomic mass is 9.86. The fourth-order valence-corrected chi connectivity index (χ4v) is 1.88. The second-order valence-electron chi connectivity index (χ2n) is 5.25. The van der Waals surface area contributed by atoms with Crippen LogP contribution >= 0.6 is 0 Å². The van der Waals surface area contributed by atoms with Gasteiger partial charge in [-0.15, -0.1) is 0 Å². The first-order chi connectivity index (χ1) is 9.94. The summed E-state index contributed by atoms with van der Waals surface area (Å²) < 4.78 is 13.5. The van der Waals surface area contributed by atoms with Crippen molar-refractivity contribution in [2.45, 2.75) is 19.3 Å². The predicted molar refractivity (Wildman–Crippen MR) is 79.4 cm³/mol. The van der Waals surface area contributed by atoms with Gasteiger partial charge in [-0.3, -0.25) is 4.79 Å². The first-order valence-corrected chi connectivity index (χ1v) is 6.52. The van der Waals surface area contributed by atoms with Crippen molar-refractivity contribution in [3.63, 3.8) is 0 Å². The quantitative estimate of drug-likeness (QED) is 0.928. The van der Waals surface area contributed by atoms with Gasteiger partial charge in [0.05, 0.1) is 17.0 Å². The molecule has 4 heteroatoms. The van der Waals surface area contributed by atoms with Crippen LogP contribution in [0.25, 0.3) is 0 Å². The van der Waals surface area contributed by atoms with Gasteiger partial charge in [0, 0.05) is 5.69 Å². The molecule has 21 heavy (non-hydrogen) atoms. The van der Waals surface area contributed by atoms with Gasteiger partial charge in [-0.25, -0.2) is 4.39 Å². The van der Waals surface area contributed by atoms with Crippen molar-refractivity contribution < 1.29 is 9.18 Å². The fourth-order valence-electron chi connectivity index (χ4n) is 1.88. The Labute approximate surface area is 123 Å². The third-order valence-electron chi connectivity index (χ3n) is 3.26. The highest BCUT2D eigenvalue weighted by atomic mass is 19.1. The lowest BCUT2D eigenvalue weighted by Gasteiger charge is -2.16. The molecule has 0 fully saturated rings. The van der Waals surface area contributed by atoms with Gasteiger partial charge in [0.2, 0.25) is 0 Å². The molecule has 0 atom stereocenters. The molecule has 2 aromatic carbocycles. The average molecular weight is 282 g/mol. The molecule has 2 aromatic rings. The third kappa shape index (κ3) is 3.26. The van der Waals surface area contributed by atoms with Crippen molar-refractivity contribution in [2.75, 3.05) is 5.32 Å². The number of benzene rings is 2.